The number of nitrogens with one attached hydrogen (secondary N) is 1. The Labute approximate surface area is 104 Å². The summed E-state index contributed by atoms with van der Waals surface area (Å²) in [6.45, 7) is 1.93. The van der Waals surface area contributed by atoms with E-state index in [1.807, 2.05) is 19.1 Å². The van der Waals surface area contributed by atoms with Crippen molar-refractivity contribution in [2.24, 2.45) is 5.92 Å². The van der Waals surface area contributed by atoms with E-state index in [0.29, 0.717) is 11.6 Å². The van der Waals surface area contributed by atoms with Crippen LogP contribution >= 0.6 is 15.9 Å². The van der Waals surface area contributed by atoms with E-state index in [1.54, 1.807) is 6.07 Å². The molecule has 0 unspecified atom stereocenters. The molecule has 0 heterocycles. The third-order valence-corrected chi connectivity index (χ3v) is 5.10. The van der Waals surface area contributed by atoms with Gasteiger partial charge in [0.2, 0.25) is 10.0 Å². The van der Waals surface area contributed by atoms with Gasteiger partial charge in [-0.05, 0) is 53.2 Å². The second kappa shape index (κ2) is 4.37. The fourth-order valence-corrected chi connectivity index (χ4v) is 3.57. The zero-order valence-corrected chi connectivity index (χ0v) is 11.4. The quantitative estimate of drug-likeness (QED) is 0.929. The number of benzene rings is 1. The molecule has 1 saturated carbocycles. The Bertz CT molecular complexity index is 495. The van der Waals surface area contributed by atoms with Gasteiger partial charge in [-0.15, -0.1) is 0 Å². The molecule has 0 spiro atoms. The first-order valence-electron chi connectivity index (χ1n) is 5.23. The van der Waals surface area contributed by atoms with Gasteiger partial charge in [0.15, 0.2) is 0 Å². The molecule has 2 rings (SSSR count). The van der Waals surface area contributed by atoms with Crippen LogP contribution in [0.3, 0.4) is 0 Å². The van der Waals surface area contributed by atoms with Gasteiger partial charge in [-0.25, -0.2) is 8.42 Å². The van der Waals surface area contributed by atoms with Crippen molar-refractivity contribution in [2.75, 3.05) is 10.5 Å². The average molecular weight is 304 g/mol. The molecule has 1 aromatic rings. The van der Waals surface area contributed by atoms with Crippen LogP contribution in [0.4, 0.5) is 5.69 Å². The number of anilines is 1. The Kier molecular flexibility index (Phi) is 3.26. The number of aryl methyl sites for hydroxylation is 1. The van der Waals surface area contributed by atoms with Crippen LogP contribution in [-0.2, 0) is 10.0 Å². The standard InChI is InChI=1S/C11H14BrNO2S/c1-8-3-2-4-10(11(8)12)13-16(14,15)7-9-5-6-9/h2-4,9,13H,5-7H2,1H3. The van der Waals surface area contributed by atoms with E-state index in [-0.39, 0.29) is 5.75 Å². The van der Waals surface area contributed by atoms with Crippen molar-refractivity contribution in [2.45, 2.75) is 19.8 Å². The molecule has 0 radical (unpaired) electrons. The monoisotopic (exact) mass is 303 g/mol. The van der Waals surface area contributed by atoms with Crippen LogP contribution in [0.5, 0.6) is 0 Å². The molecule has 5 heteroatoms. The minimum atomic E-state index is -3.19. The maximum Gasteiger partial charge on any atom is 0.233 e. The first-order valence-corrected chi connectivity index (χ1v) is 7.68. The molecule has 0 aromatic heterocycles. The summed E-state index contributed by atoms with van der Waals surface area (Å²) < 4.78 is 27.0. The molecule has 1 N–H and O–H groups in total. The summed E-state index contributed by atoms with van der Waals surface area (Å²) in [6.07, 6.45) is 2.08. The van der Waals surface area contributed by atoms with Crippen molar-refractivity contribution in [3.8, 4) is 0 Å². The largest absolute Gasteiger partial charge is 0.282 e. The summed E-state index contributed by atoms with van der Waals surface area (Å²) in [5.41, 5.74) is 1.65. The van der Waals surface area contributed by atoms with Crippen molar-refractivity contribution in [1.29, 1.82) is 0 Å². The van der Waals surface area contributed by atoms with Crippen LogP contribution in [0.25, 0.3) is 0 Å². The molecule has 1 aliphatic carbocycles. The van der Waals surface area contributed by atoms with Crippen LogP contribution < -0.4 is 4.72 Å². The summed E-state index contributed by atoms with van der Waals surface area (Å²) in [7, 11) is -3.19. The van der Waals surface area contributed by atoms with Crippen molar-refractivity contribution < 1.29 is 8.42 Å². The smallest absolute Gasteiger partial charge is 0.233 e. The third-order valence-electron chi connectivity index (χ3n) is 2.61. The Balaban J connectivity index is 2.16. The van der Waals surface area contributed by atoms with Crippen LogP contribution in [-0.4, -0.2) is 14.2 Å². The highest BCUT2D eigenvalue weighted by Gasteiger charge is 2.28. The SMILES string of the molecule is Cc1cccc(NS(=O)(=O)CC2CC2)c1Br. The van der Waals surface area contributed by atoms with Gasteiger partial charge in [-0.2, -0.15) is 0 Å². The molecular weight excluding hydrogens is 290 g/mol. The van der Waals surface area contributed by atoms with E-state index in [1.165, 1.54) is 0 Å². The van der Waals surface area contributed by atoms with Crippen molar-refractivity contribution >= 4 is 31.6 Å². The predicted octanol–water partition coefficient (Wildman–Crippen LogP) is 2.91. The second-order valence-electron chi connectivity index (χ2n) is 4.26. The zero-order chi connectivity index (χ0) is 11.8. The second-order valence-corrected chi connectivity index (χ2v) is 6.82. The minimum absolute atomic E-state index is 0.243. The van der Waals surface area contributed by atoms with Crippen molar-refractivity contribution in [1.82, 2.24) is 0 Å². The fourth-order valence-electron chi connectivity index (χ4n) is 1.53. The van der Waals surface area contributed by atoms with Gasteiger partial charge in [0.25, 0.3) is 0 Å². The number of hydrogen-bond donors (Lipinski definition) is 1. The molecule has 1 fully saturated rings. The Morgan fingerprint density at radius 3 is 2.75 bits per heavy atom. The van der Waals surface area contributed by atoms with E-state index in [9.17, 15) is 8.42 Å². The van der Waals surface area contributed by atoms with Gasteiger partial charge in [-0.1, -0.05) is 12.1 Å². The molecule has 0 amide bonds. The highest BCUT2D eigenvalue weighted by Crippen LogP contribution is 2.32. The van der Waals surface area contributed by atoms with Gasteiger partial charge in [0, 0.05) is 4.47 Å². The van der Waals surface area contributed by atoms with Gasteiger partial charge in [-0.3, -0.25) is 4.72 Å². The lowest BCUT2D eigenvalue weighted by atomic mass is 10.2. The molecule has 16 heavy (non-hydrogen) atoms. The van der Waals surface area contributed by atoms with Gasteiger partial charge >= 0.3 is 0 Å². The summed E-state index contributed by atoms with van der Waals surface area (Å²) in [5, 5.41) is 0. The van der Waals surface area contributed by atoms with Crippen LogP contribution in [0, 0.1) is 12.8 Å². The molecule has 0 aliphatic heterocycles. The Hall–Kier alpha value is -0.550. The third kappa shape index (κ3) is 2.98. The van der Waals surface area contributed by atoms with Gasteiger partial charge in [0.1, 0.15) is 0 Å². The topological polar surface area (TPSA) is 46.2 Å². The Morgan fingerprint density at radius 2 is 2.12 bits per heavy atom. The first kappa shape index (κ1) is 11.9. The van der Waals surface area contributed by atoms with E-state index < -0.39 is 10.0 Å². The first-order chi connectivity index (χ1) is 7.48. The van der Waals surface area contributed by atoms with Crippen LogP contribution in [0.15, 0.2) is 22.7 Å². The lowest BCUT2D eigenvalue weighted by Crippen LogP contribution is -2.18. The maximum absolute atomic E-state index is 11.8. The predicted molar refractivity (Wildman–Crippen MR) is 69.0 cm³/mol. The van der Waals surface area contributed by atoms with E-state index >= 15 is 0 Å². The molecule has 1 aliphatic rings. The molecule has 3 nitrogen and oxygen atoms in total. The van der Waals surface area contributed by atoms with Crippen molar-refractivity contribution in [3.63, 3.8) is 0 Å². The molecule has 0 bridgehead atoms. The van der Waals surface area contributed by atoms with Crippen molar-refractivity contribution in [3.05, 3.63) is 28.2 Å². The highest BCUT2D eigenvalue weighted by molar-refractivity contribution is 9.10. The van der Waals surface area contributed by atoms with Crippen LogP contribution in [0.2, 0.25) is 0 Å². The average Bonchev–Trinajstić information content (AvgIpc) is 2.95. The molecular formula is C11H14BrNO2S. The van der Waals surface area contributed by atoms with Gasteiger partial charge in [0.05, 0.1) is 11.4 Å². The zero-order valence-electron chi connectivity index (χ0n) is 9.03. The van der Waals surface area contributed by atoms with Crippen LogP contribution in [0.1, 0.15) is 18.4 Å². The van der Waals surface area contributed by atoms with Gasteiger partial charge < -0.3 is 0 Å². The molecule has 0 atom stereocenters. The number of rotatable bonds is 4. The molecule has 88 valence electrons. The number of hydrogen-bond acceptors (Lipinski definition) is 2. The normalized spacial score (nSPS) is 16.1. The van der Waals surface area contributed by atoms with E-state index in [2.05, 4.69) is 20.7 Å². The Morgan fingerprint density at radius 1 is 1.44 bits per heavy atom. The highest BCUT2D eigenvalue weighted by atomic mass is 79.9. The molecule has 1 aromatic carbocycles. The van der Waals surface area contributed by atoms with E-state index in [4.69, 9.17) is 0 Å². The lowest BCUT2D eigenvalue weighted by molar-refractivity contribution is 0.597. The summed E-state index contributed by atoms with van der Waals surface area (Å²) in [6, 6.07) is 5.54. The number of halogens is 1. The molecule has 0 saturated heterocycles. The maximum atomic E-state index is 11.8. The summed E-state index contributed by atoms with van der Waals surface area (Å²) in [4.78, 5) is 0. The van der Waals surface area contributed by atoms with E-state index in [0.717, 1.165) is 22.9 Å². The fraction of sp³-hybridized carbons (Fsp3) is 0.455. The summed E-state index contributed by atoms with van der Waals surface area (Å²) >= 11 is 3.39. The minimum Gasteiger partial charge on any atom is -0.282 e. The summed E-state index contributed by atoms with van der Waals surface area (Å²) in [5.74, 6) is 0.606. The number of sulfonamides is 1. The lowest BCUT2D eigenvalue weighted by Gasteiger charge is -2.10.